The van der Waals surface area contributed by atoms with E-state index in [1.807, 2.05) is 0 Å². The maximum Gasteiger partial charge on any atom is 0.227 e. The van der Waals surface area contributed by atoms with Crippen LogP contribution in [-0.4, -0.2) is 26.7 Å². The zero-order valence-electron chi connectivity index (χ0n) is 11.1. The van der Waals surface area contributed by atoms with Crippen LogP contribution in [0.2, 0.25) is 0 Å². The molecular formula is C14H16N2O3. The van der Waals surface area contributed by atoms with Crippen LogP contribution in [0.3, 0.4) is 0 Å². The lowest BCUT2D eigenvalue weighted by atomic mass is 10.1. The Bertz CT molecular complexity index is 534. The fourth-order valence-corrected chi connectivity index (χ4v) is 2.29. The minimum atomic E-state index is 0.0893. The summed E-state index contributed by atoms with van der Waals surface area (Å²) >= 11 is 0. The molecule has 0 saturated carbocycles. The van der Waals surface area contributed by atoms with Crippen molar-refractivity contribution in [3.8, 4) is 17.6 Å². The summed E-state index contributed by atoms with van der Waals surface area (Å²) in [6.07, 6.45) is 1.64. The summed E-state index contributed by atoms with van der Waals surface area (Å²) in [5, 5.41) is 8.92. The molecule has 0 unspecified atom stereocenters. The average Bonchev–Trinajstić information content (AvgIpc) is 2.84. The molecule has 1 aliphatic rings. The average molecular weight is 260 g/mol. The van der Waals surface area contributed by atoms with Gasteiger partial charge in [-0.3, -0.25) is 4.79 Å². The van der Waals surface area contributed by atoms with Gasteiger partial charge in [-0.25, -0.2) is 0 Å². The van der Waals surface area contributed by atoms with E-state index in [2.05, 4.69) is 6.07 Å². The molecule has 1 aliphatic heterocycles. The van der Waals surface area contributed by atoms with Gasteiger partial charge in [0.05, 0.1) is 32.4 Å². The topological polar surface area (TPSA) is 62.6 Å². The van der Waals surface area contributed by atoms with E-state index in [1.165, 1.54) is 0 Å². The van der Waals surface area contributed by atoms with Gasteiger partial charge in [-0.1, -0.05) is 0 Å². The minimum Gasteiger partial charge on any atom is -0.493 e. The van der Waals surface area contributed by atoms with Crippen LogP contribution in [0.4, 0.5) is 5.69 Å². The highest BCUT2D eigenvalue weighted by Gasteiger charge is 2.25. The summed E-state index contributed by atoms with van der Waals surface area (Å²) in [6, 6.07) is 5.66. The number of ether oxygens (including phenoxy) is 2. The maximum absolute atomic E-state index is 11.9. The van der Waals surface area contributed by atoms with Crippen molar-refractivity contribution < 1.29 is 14.3 Å². The Morgan fingerprint density at radius 2 is 2.00 bits per heavy atom. The van der Waals surface area contributed by atoms with E-state index in [1.54, 1.807) is 31.3 Å². The predicted octanol–water partition coefficient (Wildman–Crippen LogP) is 1.90. The third kappa shape index (κ3) is 2.48. The molecule has 0 aromatic heterocycles. The number of carbonyl (C=O) groups is 1. The Morgan fingerprint density at radius 3 is 2.53 bits per heavy atom. The summed E-state index contributed by atoms with van der Waals surface area (Å²) in [7, 11) is 3.10. The quantitative estimate of drug-likeness (QED) is 0.829. The van der Waals surface area contributed by atoms with E-state index < -0.39 is 0 Å². The molecule has 1 fully saturated rings. The zero-order valence-corrected chi connectivity index (χ0v) is 11.1. The first-order valence-corrected chi connectivity index (χ1v) is 6.13. The molecule has 1 amide bonds. The van der Waals surface area contributed by atoms with Gasteiger partial charge in [0.15, 0.2) is 11.5 Å². The minimum absolute atomic E-state index is 0.0893. The van der Waals surface area contributed by atoms with Crippen LogP contribution in [-0.2, 0) is 11.2 Å². The second-order valence-electron chi connectivity index (χ2n) is 4.32. The highest BCUT2D eigenvalue weighted by Crippen LogP contribution is 2.36. The van der Waals surface area contributed by atoms with Gasteiger partial charge in [-0.2, -0.15) is 5.26 Å². The molecule has 0 bridgehead atoms. The fraction of sp³-hybridized carbons (Fsp3) is 0.429. The number of amides is 1. The normalized spacial score (nSPS) is 14.4. The number of hydrogen-bond donors (Lipinski definition) is 0. The van der Waals surface area contributed by atoms with Crippen LogP contribution < -0.4 is 14.4 Å². The second-order valence-corrected chi connectivity index (χ2v) is 4.32. The summed E-state index contributed by atoms with van der Waals surface area (Å²) in [5.41, 5.74) is 1.54. The molecule has 0 spiro atoms. The number of anilines is 1. The number of nitriles is 1. The molecule has 0 atom stereocenters. The summed E-state index contributed by atoms with van der Waals surface area (Å²) < 4.78 is 10.5. The molecule has 1 saturated heterocycles. The summed E-state index contributed by atoms with van der Waals surface area (Å²) in [4.78, 5) is 13.6. The molecule has 100 valence electrons. The van der Waals surface area contributed by atoms with Gasteiger partial charge in [0.25, 0.3) is 0 Å². The van der Waals surface area contributed by atoms with Crippen molar-refractivity contribution in [1.29, 1.82) is 5.26 Å². The van der Waals surface area contributed by atoms with E-state index in [4.69, 9.17) is 14.7 Å². The number of methoxy groups -OCH3 is 2. The second kappa shape index (κ2) is 5.61. The molecular weight excluding hydrogens is 244 g/mol. The molecule has 1 heterocycles. The zero-order chi connectivity index (χ0) is 13.8. The molecule has 0 aliphatic carbocycles. The van der Waals surface area contributed by atoms with Crippen LogP contribution in [0, 0.1) is 11.3 Å². The number of benzene rings is 1. The summed E-state index contributed by atoms with van der Waals surface area (Å²) in [5.74, 6) is 1.23. The highest BCUT2D eigenvalue weighted by atomic mass is 16.5. The van der Waals surface area contributed by atoms with Gasteiger partial charge in [-0.15, -0.1) is 0 Å². The largest absolute Gasteiger partial charge is 0.493 e. The highest BCUT2D eigenvalue weighted by molar-refractivity contribution is 5.96. The number of rotatable bonds is 4. The molecule has 2 rings (SSSR count). The van der Waals surface area contributed by atoms with Gasteiger partial charge in [0.1, 0.15) is 0 Å². The maximum atomic E-state index is 11.9. The molecule has 0 radical (unpaired) electrons. The molecule has 1 aromatic carbocycles. The Kier molecular flexibility index (Phi) is 3.91. The van der Waals surface area contributed by atoms with Crippen LogP contribution in [0.5, 0.6) is 11.5 Å². The number of hydrogen-bond acceptors (Lipinski definition) is 4. The SMILES string of the molecule is COc1cc(CC#N)c(N2CCCC2=O)cc1OC. The molecule has 5 heteroatoms. The predicted molar refractivity (Wildman–Crippen MR) is 70.5 cm³/mol. The third-order valence-corrected chi connectivity index (χ3v) is 3.22. The molecule has 19 heavy (non-hydrogen) atoms. The monoisotopic (exact) mass is 260 g/mol. The lowest BCUT2D eigenvalue weighted by Gasteiger charge is -2.21. The Morgan fingerprint density at radius 1 is 1.32 bits per heavy atom. The number of nitrogens with zero attached hydrogens (tertiary/aromatic N) is 2. The molecule has 0 N–H and O–H groups in total. The van der Waals surface area contributed by atoms with Crippen molar-refractivity contribution >= 4 is 11.6 Å². The van der Waals surface area contributed by atoms with Gasteiger partial charge < -0.3 is 14.4 Å². The van der Waals surface area contributed by atoms with E-state index in [9.17, 15) is 4.79 Å². The van der Waals surface area contributed by atoms with E-state index in [0.29, 0.717) is 24.5 Å². The van der Waals surface area contributed by atoms with Gasteiger partial charge >= 0.3 is 0 Å². The Hall–Kier alpha value is -2.22. The lowest BCUT2D eigenvalue weighted by Crippen LogP contribution is -2.25. The van der Waals surface area contributed by atoms with Crippen LogP contribution in [0.15, 0.2) is 12.1 Å². The van der Waals surface area contributed by atoms with Crippen LogP contribution >= 0.6 is 0 Å². The third-order valence-electron chi connectivity index (χ3n) is 3.22. The van der Waals surface area contributed by atoms with Crippen molar-refractivity contribution in [2.75, 3.05) is 25.7 Å². The van der Waals surface area contributed by atoms with Crippen molar-refractivity contribution in [3.05, 3.63) is 17.7 Å². The number of carbonyl (C=O) groups excluding carboxylic acids is 1. The van der Waals surface area contributed by atoms with Crippen molar-refractivity contribution in [1.82, 2.24) is 0 Å². The Labute approximate surface area is 112 Å². The van der Waals surface area contributed by atoms with Gasteiger partial charge in [-0.05, 0) is 18.1 Å². The Balaban J connectivity index is 2.50. The fourth-order valence-electron chi connectivity index (χ4n) is 2.29. The molecule has 1 aromatic rings. The first kappa shape index (κ1) is 13.2. The first-order chi connectivity index (χ1) is 9.21. The van der Waals surface area contributed by atoms with Crippen molar-refractivity contribution in [3.63, 3.8) is 0 Å². The first-order valence-electron chi connectivity index (χ1n) is 6.13. The standard InChI is InChI=1S/C14H16N2O3/c1-18-12-8-10(5-6-15)11(9-13(12)19-2)16-7-3-4-14(16)17/h8-9H,3-5,7H2,1-2H3. The summed E-state index contributed by atoms with van der Waals surface area (Å²) in [6.45, 7) is 0.687. The van der Waals surface area contributed by atoms with Crippen LogP contribution in [0.25, 0.3) is 0 Å². The van der Waals surface area contributed by atoms with E-state index in [0.717, 1.165) is 17.7 Å². The van der Waals surface area contributed by atoms with E-state index in [-0.39, 0.29) is 12.3 Å². The van der Waals surface area contributed by atoms with Crippen molar-refractivity contribution in [2.45, 2.75) is 19.3 Å². The van der Waals surface area contributed by atoms with Gasteiger partial charge in [0.2, 0.25) is 5.91 Å². The smallest absolute Gasteiger partial charge is 0.227 e. The van der Waals surface area contributed by atoms with E-state index >= 15 is 0 Å². The van der Waals surface area contributed by atoms with Crippen molar-refractivity contribution in [2.24, 2.45) is 0 Å². The lowest BCUT2D eigenvalue weighted by molar-refractivity contribution is -0.117. The molecule has 5 nitrogen and oxygen atoms in total. The van der Waals surface area contributed by atoms with Gasteiger partial charge in [0, 0.05) is 19.0 Å². The van der Waals surface area contributed by atoms with Crippen LogP contribution in [0.1, 0.15) is 18.4 Å².